The third kappa shape index (κ3) is 10.6. The summed E-state index contributed by atoms with van der Waals surface area (Å²) in [6.07, 6.45) is 5.25. The van der Waals surface area contributed by atoms with Crippen LogP contribution in [0.4, 0.5) is 0 Å². The highest BCUT2D eigenvalue weighted by Gasteiger charge is 2.44. The Labute approximate surface area is 341 Å². The molecule has 2 saturated heterocycles. The lowest BCUT2D eigenvalue weighted by Crippen LogP contribution is -2.61. The Balaban J connectivity index is 1.56. The maximum atomic E-state index is 14.6. The molecule has 4 aliphatic heterocycles. The van der Waals surface area contributed by atoms with Crippen molar-refractivity contribution in [1.29, 1.82) is 0 Å². The van der Waals surface area contributed by atoms with E-state index in [2.05, 4.69) is 27.8 Å². The minimum atomic E-state index is -1.25. The molecule has 1 aromatic carbocycles. The molecule has 57 heavy (non-hydrogen) atoms. The van der Waals surface area contributed by atoms with Crippen LogP contribution in [0.3, 0.4) is 0 Å². The van der Waals surface area contributed by atoms with Gasteiger partial charge in [-0.05, 0) is 56.9 Å². The summed E-state index contributed by atoms with van der Waals surface area (Å²) in [5.41, 5.74) is -0.0177. The molecule has 9 unspecified atom stereocenters. The molecule has 6 amide bonds. The van der Waals surface area contributed by atoms with E-state index < -0.39 is 59.6 Å². The molecule has 312 valence electrons. The van der Waals surface area contributed by atoms with Gasteiger partial charge in [0, 0.05) is 25.3 Å². The SMILES string of the molecule is C=CC(C)(C)OCC1NC(=O)C(C(C)CC)NC(=O)C2CCCN2C(=O)C(C(C)CC)NC(=O)C2CSC(=N2)C2CCCN2C(=O)C(Cc2ccccc2)NC1=O. The molecule has 4 N–H and O–H groups in total. The summed E-state index contributed by atoms with van der Waals surface area (Å²) < 4.78 is 6.08. The van der Waals surface area contributed by atoms with Gasteiger partial charge in [0.25, 0.3) is 0 Å². The van der Waals surface area contributed by atoms with Crippen LogP contribution in [0.5, 0.6) is 0 Å². The van der Waals surface area contributed by atoms with Gasteiger partial charge in [0.2, 0.25) is 35.4 Å². The van der Waals surface area contributed by atoms with E-state index in [1.165, 1.54) is 16.7 Å². The van der Waals surface area contributed by atoms with Crippen LogP contribution >= 0.6 is 11.8 Å². The third-order valence-electron chi connectivity index (χ3n) is 11.8. The topological polar surface area (TPSA) is 179 Å². The molecule has 14 nitrogen and oxygen atoms in total. The van der Waals surface area contributed by atoms with Gasteiger partial charge in [-0.25, -0.2) is 0 Å². The lowest BCUT2D eigenvalue weighted by molar-refractivity contribution is -0.143. The summed E-state index contributed by atoms with van der Waals surface area (Å²) in [6, 6.07) is 3.19. The van der Waals surface area contributed by atoms with Crippen LogP contribution in [-0.4, -0.2) is 124 Å². The van der Waals surface area contributed by atoms with Crippen molar-refractivity contribution in [3.05, 3.63) is 48.6 Å². The monoisotopic (exact) mass is 807 g/mol. The Kier molecular flexibility index (Phi) is 15.0. The average Bonchev–Trinajstić information content (AvgIpc) is 4.01. The minimum absolute atomic E-state index is 0.188. The smallest absolute Gasteiger partial charge is 0.246 e. The average molecular weight is 808 g/mol. The minimum Gasteiger partial charge on any atom is -0.369 e. The number of amides is 6. The fraction of sp³-hybridized carbons (Fsp3) is 0.643. The lowest BCUT2D eigenvalue weighted by atomic mass is 9.96. The van der Waals surface area contributed by atoms with Crippen molar-refractivity contribution in [3.63, 3.8) is 0 Å². The van der Waals surface area contributed by atoms with Gasteiger partial charge < -0.3 is 35.8 Å². The molecule has 0 saturated carbocycles. The molecular formula is C42H61N7O7S. The van der Waals surface area contributed by atoms with E-state index in [-0.39, 0.29) is 48.6 Å². The molecule has 5 rings (SSSR count). The van der Waals surface area contributed by atoms with Gasteiger partial charge in [0.05, 0.1) is 23.3 Å². The predicted octanol–water partition coefficient (Wildman–Crippen LogP) is 2.75. The molecule has 0 aromatic heterocycles. The maximum absolute atomic E-state index is 14.6. The zero-order chi connectivity index (χ0) is 41.4. The Bertz CT molecular complexity index is 1690. The molecule has 9 atom stereocenters. The first-order valence-corrected chi connectivity index (χ1v) is 21.5. The number of aliphatic imine (C=N–C) groups is 1. The second-order valence-electron chi connectivity index (χ2n) is 16.3. The first kappa shape index (κ1) is 43.9. The van der Waals surface area contributed by atoms with Gasteiger partial charge in [0.15, 0.2) is 0 Å². The summed E-state index contributed by atoms with van der Waals surface area (Å²) in [6.45, 7) is 15.5. The van der Waals surface area contributed by atoms with Crippen molar-refractivity contribution in [1.82, 2.24) is 31.1 Å². The van der Waals surface area contributed by atoms with Crippen LogP contribution in [-0.2, 0) is 39.9 Å². The van der Waals surface area contributed by atoms with Crippen LogP contribution in [0.25, 0.3) is 0 Å². The first-order valence-electron chi connectivity index (χ1n) is 20.5. The quantitative estimate of drug-likeness (QED) is 0.261. The van der Waals surface area contributed by atoms with Crippen molar-refractivity contribution >= 4 is 52.2 Å². The maximum Gasteiger partial charge on any atom is 0.246 e. The highest BCUT2D eigenvalue weighted by Crippen LogP contribution is 2.31. The molecule has 0 spiro atoms. The van der Waals surface area contributed by atoms with Crippen molar-refractivity contribution in [2.75, 3.05) is 25.4 Å². The number of carbonyl (C=O) groups excluding carboxylic acids is 6. The summed E-state index contributed by atoms with van der Waals surface area (Å²) in [7, 11) is 0. The molecule has 2 fully saturated rings. The van der Waals surface area contributed by atoms with E-state index in [9.17, 15) is 28.8 Å². The van der Waals surface area contributed by atoms with E-state index in [1.807, 2.05) is 58.0 Å². The number of carbonyl (C=O) groups is 6. The Morgan fingerprint density at radius 2 is 1.40 bits per heavy atom. The predicted molar refractivity (Wildman–Crippen MR) is 220 cm³/mol. The summed E-state index contributed by atoms with van der Waals surface area (Å²) >= 11 is 1.43. The second kappa shape index (κ2) is 19.5. The van der Waals surface area contributed by atoms with E-state index in [1.54, 1.807) is 24.8 Å². The van der Waals surface area contributed by atoms with Crippen molar-refractivity contribution in [3.8, 4) is 0 Å². The number of nitrogens with one attached hydrogen (secondary N) is 4. The van der Waals surface area contributed by atoms with Gasteiger partial charge in [-0.2, -0.15) is 0 Å². The zero-order valence-corrected chi connectivity index (χ0v) is 35.1. The van der Waals surface area contributed by atoms with Gasteiger partial charge in [-0.3, -0.25) is 33.8 Å². The van der Waals surface area contributed by atoms with Crippen LogP contribution in [0.15, 0.2) is 48.0 Å². The number of nitrogens with zero attached hydrogens (tertiary/aromatic N) is 3. The van der Waals surface area contributed by atoms with Crippen molar-refractivity contribution in [2.24, 2.45) is 16.8 Å². The highest BCUT2D eigenvalue weighted by atomic mass is 32.2. The third-order valence-corrected chi connectivity index (χ3v) is 13.0. The van der Waals surface area contributed by atoms with Gasteiger partial charge in [0.1, 0.15) is 36.3 Å². The Hall–Kier alpha value is -4.24. The standard InChI is InChI=1S/C42H61N7O7S/c1-8-25(4)33-38(53)44-29(23-56-42(6,7)10-3)35(50)43-28(22-27-16-12-11-13-17-27)40(54)49-21-15-19-32(49)39-45-30(24-57-39)36(51)47-34(26(5)9-2)41(55)48-20-14-18-31(48)37(52)46-33/h10-13,16-17,25-26,28-34H,3,8-9,14-15,18-24H2,1-2,4-7H3,(H,43,50)(H,44,53)(H,46,52)(H,47,51). The van der Waals surface area contributed by atoms with Crippen molar-refractivity contribution in [2.45, 2.75) is 134 Å². The molecule has 4 heterocycles. The number of fused-ring (bicyclic) bond motifs is 4. The number of thioether (sulfide) groups is 1. The molecular weight excluding hydrogens is 747 g/mol. The molecule has 2 bridgehead atoms. The summed E-state index contributed by atoms with van der Waals surface area (Å²) in [5.74, 6) is -2.96. The van der Waals surface area contributed by atoms with Gasteiger partial charge in [-0.15, -0.1) is 18.3 Å². The number of hydrogen-bond acceptors (Lipinski definition) is 9. The number of benzene rings is 1. The van der Waals surface area contributed by atoms with E-state index in [0.29, 0.717) is 62.4 Å². The van der Waals surface area contributed by atoms with E-state index >= 15 is 0 Å². The zero-order valence-electron chi connectivity index (χ0n) is 34.3. The van der Waals surface area contributed by atoms with Crippen LogP contribution in [0.1, 0.15) is 85.6 Å². The summed E-state index contributed by atoms with van der Waals surface area (Å²) in [5, 5.41) is 12.4. The van der Waals surface area contributed by atoms with E-state index in [0.717, 1.165) is 5.56 Å². The highest BCUT2D eigenvalue weighted by molar-refractivity contribution is 8.14. The van der Waals surface area contributed by atoms with Gasteiger partial charge >= 0.3 is 0 Å². The molecule has 15 heteroatoms. The molecule has 4 aliphatic rings. The van der Waals surface area contributed by atoms with Crippen LogP contribution in [0, 0.1) is 11.8 Å². The fourth-order valence-corrected chi connectivity index (χ4v) is 8.88. The number of ether oxygens (including phenoxy) is 1. The van der Waals surface area contributed by atoms with E-state index in [4.69, 9.17) is 9.73 Å². The van der Waals surface area contributed by atoms with Crippen LogP contribution < -0.4 is 21.3 Å². The summed E-state index contributed by atoms with van der Waals surface area (Å²) in [4.78, 5) is 93.6. The first-order chi connectivity index (χ1) is 27.2. The molecule has 1 aromatic rings. The number of hydrogen-bond donors (Lipinski definition) is 4. The Morgan fingerprint density at radius 1 is 0.807 bits per heavy atom. The fourth-order valence-electron chi connectivity index (χ4n) is 7.69. The normalized spacial score (nSPS) is 29.2. The Morgan fingerprint density at radius 3 is 2.05 bits per heavy atom. The number of rotatable bonds is 10. The van der Waals surface area contributed by atoms with Crippen LogP contribution in [0.2, 0.25) is 0 Å². The molecule has 0 aliphatic carbocycles. The second-order valence-corrected chi connectivity index (χ2v) is 17.4. The molecule has 0 radical (unpaired) electrons. The lowest BCUT2D eigenvalue weighted by Gasteiger charge is -2.33. The van der Waals surface area contributed by atoms with Gasteiger partial charge in [-0.1, -0.05) is 76.9 Å². The van der Waals surface area contributed by atoms with Crippen molar-refractivity contribution < 1.29 is 33.5 Å². The largest absolute Gasteiger partial charge is 0.369 e.